The molecule has 4 aromatic rings. The number of benzene rings is 2. The SMILES string of the molecule is COc1ccc2cc1OCCCN(C(=O)c1cccc(N)n1)CC(=O)N[C@@H]([C@@H](C)O)C(=O)NCCc1c([nH]c3ccccc13)C2. The predicted octanol–water partition coefficient (Wildman–Crippen LogP) is 2.19. The number of pyridine rings is 1. The fourth-order valence-corrected chi connectivity index (χ4v) is 5.48. The summed E-state index contributed by atoms with van der Waals surface area (Å²) < 4.78 is 11.7. The van der Waals surface area contributed by atoms with Crippen molar-refractivity contribution in [1.82, 2.24) is 25.5 Å². The number of ether oxygens (including phenoxy) is 2. The van der Waals surface area contributed by atoms with Gasteiger partial charge in [0.2, 0.25) is 11.8 Å². The van der Waals surface area contributed by atoms with Crippen LogP contribution in [0.15, 0.2) is 60.7 Å². The van der Waals surface area contributed by atoms with Crippen LogP contribution in [0.1, 0.15) is 40.7 Å². The molecule has 3 amide bonds. The van der Waals surface area contributed by atoms with Crippen molar-refractivity contribution in [3.8, 4) is 11.5 Å². The highest BCUT2D eigenvalue weighted by Crippen LogP contribution is 2.31. The van der Waals surface area contributed by atoms with Gasteiger partial charge in [-0.15, -0.1) is 0 Å². The number of hydrogen-bond donors (Lipinski definition) is 5. The van der Waals surface area contributed by atoms with Crippen LogP contribution < -0.4 is 25.8 Å². The Balaban J connectivity index is 1.45. The number of aliphatic hydroxyl groups is 1. The van der Waals surface area contributed by atoms with E-state index in [-0.39, 0.29) is 37.8 Å². The summed E-state index contributed by atoms with van der Waals surface area (Å²) in [5, 5.41) is 16.9. The van der Waals surface area contributed by atoms with Crippen LogP contribution in [0.4, 0.5) is 5.82 Å². The number of rotatable bonds is 3. The van der Waals surface area contributed by atoms with E-state index in [1.165, 1.54) is 17.9 Å². The summed E-state index contributed by atoms with van der Waals surface area (Å²) in [4.78, 5) is 48.7. The number of aliphatic hydroxyl groups excluding tert-OH is 1. The molecular weight excluding hydrogens is 576 g/mol. The first-order chi connectivity index (χ1) is 21.7. The van der Waals surface area contributed by atoms with Crippen molar-refractivity contribution in [2.24, 2.45) is 0 Å². The van der Waals surface area contributed by atoms with Crippen LogP contribution in [-0.4, -0.2) is 83.2 Å². The van der Waals surface area contributed by atoms with Crippen LogP contribution >= 0.6 is 0 Å². The minimum Gasteiger partial charge on any atom is -0.493 e. The number of amides is 3. The average molecular weight is 615 g/mol. The number of nitrogen functional groups attached to an aromatic ring is 1. The lowest BCUT2D eigenvalue weighted by Gasteiger charge is -2.25. The van der Waals surface area contributed by atoms with E-state index in [0.29, 0.717) is 30.8 Å². The molecule has 1 aliphatic rings. The summed E-state index contributed by atoms with van der Waals surface area (Å²) in [6.45, 7) is 1.70. The zero-order valence-corrected chi connectivity index (χ0v) is 25.3. The molecule has 236 valence electrons. The molecule has 0 unspecified atom stereocenters. The topological polar surface area (TPSA) is 172 Å². The molecule has 12 heteroatoms. The standard InChI is InChI=1S/C33H38N6O6/c1-20(40)31-32(42)35-14-13-23-22-7-3-4-8-24(22)36-26(23)17-21-11-12-27(44-2)28(18-21)45-16-6-15-39(19-30(41)38-31)33(43)25-9-5-10-29(34)37-25/h3-5,7-12,18,20,31,36,40H,6,13-17,19H2,1-2H3,(H2,34,37)(H,35,42)(H,38,41)/t20-,31+/m1/s1. The molecule has 45 heavy (non-hydrogen) atoms. The van der Waals surface area contributed by atoms with Crippen molar-refractivity contribution in [3.05, 3.63) is 83.2 Å². The third kappa shape index (κ3) is 7.52. The minimum atomic E-state index is -1.22. The van der Waals surface area contributed by atoms with E-state index < -0.39 is 29.9 Å². The highest BCUT2D eigenvalue weighted by atomic mass is 16.5. The summed E-state index contributed by atoms with van der Waals surface area (Å²) in [5.41, 5.74) is 9.92. The molecule has 2 aromatic heterocycles. The van der Waals surface area contributed by atoms with Gasteiger partial charge >= 0.3 is 0 Å². The Kier molecular flexibility index (Phi) is 9.83. The molecule has 1 aliphatic heterocycles. The van der Waals surface area contributed by atoms with E-state index in [1.807, 2.05) is 42.5 Å². The molecule has 3 heterocycles. The van der Waals surface area contributed by atoms with E-state index >= 15 is 0 Å². The number of nitrogens with two attached hydrogens (primary N) is 1. The number of nitrogens with zero attached hydrogens (tertiary/aromatic N) is 2. The van der Waals surface area contributed by atoms with Crippen LogP contribution in [0.2, 0.25) is 0 Å². The number of carbonyl (C=O) groups is 3. The fourth-order valence-electron chi connectivity index (χ4n) is 5.48. The Labute approximate surface area is 260 Å². The maximum Gasteiger partial charge on any atom is 0.273 e. The van der Waals surface area contributed by atoms with Crippen molar-refractivity contribution >= 4 is 34.4 Å². The number of methoxy groups -OCH3 is 1. The molecule has 0 aliphatic carbocycles. The Morgan fingerprint density at radius 1 is 1.16 bits per heavy atom. The lowest BCUT2D eigenvalue weighted by molar-refractivity contribution is -0.131. The van der Waals surface area contributed by atoms with Crippen LogP contribution in [0.5, 0.6) is 11.5 Å². The zero-order chi connectivity index (χ0) is 31.9. The van der Waals surface area contributed by atoms with E-state index in [1.54, 1.807) is 19.2 Å². The predicted molar refractivity (Wildman–Crippen MR) is 169 cm³/mol. The molecular formula is C33H38N6O6. The first-order valence-corrected chi connectivity index (χ1v) is 14.9. The number of fused-ring (bicyclic) bond motifs is 5. The van der Waals surface area contributed by atoms with Crippen molar-refractivity contribution < 1.29 is 29.0 Å². The van der Waals surface area contributed by atoms with Crippen LogP contribution in [-0.2, 0) is 22.4 Å². The normalized spacial score (nSPS) is 17.5. The molecule has 5 rings (SSSR count). The number of nitrogens with one attached hydrogen (secondary N) is 3. The van der Waals surface area contributed by atoms with Crippen molar-refractivity contribution in [2.75, 3.05) is 39.1 Å². The van der Waals surface area contributed by atoms with Gasteiger partial charge in [-0.25, -0.2) is 4.98 Å². The van der Waals surface area contributed by atoms with Gasteiger partial charge in [-0.2, -0.15) is 0 Å². The molecule has 0 radical (unpaired) electrons. The number of hydrogen-bond acceptors (Lipinski definition) is 8. The molecule has 12 nitrogen and oxygen atoms in total. The highest BCUT2D eigenvalue weighted by molar-refractivity contribution is 5.96. The van der Waals surface area contributed by atoms with Gasteiger partial charge in [0.05, 0.1) is 26.4 Å². The second-order valence-corrected chi connectivity index (χ2v) is 11.0. The molecule has 0 fully saturated rings. The highest BCUT2D eigenvalue weighted by Gasteiger charge is 2.28. The van der Waals surface area contributed by atoms with Gasteiger partial charge in [-0.05, 0) is 61.2 Å². The zero-order valence-electron chi connectivity index (χ0n) is 25.3. The maximum absolute atomic E-state index is 13.4. The second-order valence-electron chi connectivity index (χ2n) is 11.0. The maximum atomic E-state index is 13.4. The summed E-state index contributed by atoms with van der Waals surface area (Å²) in [6.07, 6.45) is 0.295. The first kappa shape index (κ1) is 31.3. The van der Waals surface area contributed by atoms with Crippen LogP contribution in [0.3, 0.4) is 0 Å². The molecule has 2 atom stereocenters. The summed E-state index contributed by atoms with van der Waals surface area (Å²) in [5.74, 6) is -0.339. The number of aromatic amines is 1. The molecule has 2 bridgehead atoms. The van der Waals surface area contributed by atoms with Gasteiger partial charge in [0, 0.05) is 36.1 Å². The Morgan fingerprint density at radius 2 is 1.98 bits per heavy atom. The second kappa shape index (κ2) is 14.1. The lowest BCUT2D eigenvalue weighted by atomic mass is 10.0. The van der Waals surface area contributed by atoms with E-state index in [2.05, 4.69) is 20.6 Å². The number of carbonyl (C=O) groups excluding carboxylic acids is 3. The fraction of sp³-hybridized carbons (Fsp3) is 0.333. The molecule has 2 aromatic carbocycles. The van der Waals surface area contributed by atoms with Crippen molar-refractivity contribution in [1.29, 1.82) is 0 Å². The monoisotopic (exact) mass is 614 g/mol. The lowest BCUT2D eigenvalue weighted by Crippen LogP contribution is -2.55. The van der Waals surface area contributed by atoms with E-state index in [4.69, 9.17) is 15.2 Å². The van der Waals surface area contributed by atoms with Gasteiger partial charge in [0.15, 0.2) is 11.5 Å². The Morgan fingerprint density at radius 3 is 2.76 bits per heavy atom. The largest absolute Gasteiger partial charge is 0.493 e. The molecule has 0 saturated heterocycles. The number of anilines is 1. The molecule has 0 saturated carbocycles. The van der Waals surface area contributed by atoms with Gasteiger partial charge < -0.3 is 40.8 Å². The Hall–Kier alpha value is -5.10. The molecule has 6 N–H and O–H groups in total. The Bertz CT molecular complexity index is 1690. The smallest absolute Gasteiger partial charge is 0.273 e. The van der Waals surface area contributed by atoms with Crippen molar-refractivity contribution in [3.63, 3.8) is 0 Å². The van der Waals surface area contributed by atoms with Gasteiger partial charge in [-0.1, -0.05) is 30.3 Å². The number of para-hydroxylation sites is 1. The van der Waals surface area contributed by atoms with Crippen molar-refractivity contribution in [2.45, 2.75) is 38.3 Å². The van der Waals surface area contributed by atoms with Gasteiger partial charge in [0.25, 0.3) is 5.91 Å². The van der Waals surface area contributed by atoms with E-state index in [9.17, 15) is 19.5 Å². The third-order valence-corrected chi connectivity index (χ3v) is 7.71. The average Bonchev–Trinajstić information content (AvgIpc) is 3.37. The first-order valence-electron chi connectivity index (χ1n) is 14.9. The minimum absolute atomic E-state index is 0.0806. The molecule has 0 spiro atoms. The van der Waals surface area contributed by atoms with Gasteiger partial charge in [0.1, 0.15) is 17.6 Å². The van der Waals surface area contributed by atoms with Crippen LogP contribution in [0, 0.1) is 0 Å². The number of H-pyrrole nitrogens is 1. The number of aromatic nitrogens is 2. The van der Waals surface area contributed by atoms with Crippen LogP contribution in [0.25, 0.3) is 10.9 Å². The van der Waals surface area contributed by atoms with E-state index in [0.717, 1.165) is 27.7 Å². The quantitative estimate of drug-likeness (QED) is 0.234. The summed E-state index contributed by atoms with van der Waals surface area (Å²) in [6, 6.07) is 17.2. The third-order valence-electron chi connectivity index (χ3n) is 7.71. The van der Waals surface area contributed by atoms with Gasteiger partial charge in [-0.3, -0.25) is 14.4 Å². The summed E-state index contributed by atoms with van der Waals surface area (Å²) >= 11 is 0. The summed E-state index contributed by atoms with van der Waals surface area (Å²) in [7, 11) is 1.57.